The van der Waals surface area contributed by atoms with Crippen LogP contribution in [-0.2, 0) is 4.79 Å². The second-order valence-corrected chi connectivity index (χ2v) is 6.26. The van der Waals surface area contributed by atoms with Crippen molar-refractivity contribution in [2.45, 2.75) is 12.8 Å². The van der Waals surface area contributed by atoms with Gasteiger partial charge in [0, 0.05) is 37.1 Å². The fourth-order valence-corrected chi connectivity index (χ4v) is 3.25. The Kier molecular flexibility index (Phi) is 4.08. The van der Waals surface area contributed by atoms with Gasteiger partial charge < -0.3 is 14.5 Å². The van der Waals surface area contributed by atoms with Gasteiger partial charge in [0.05, 0.1) is 11.5 Å². The van der Waals surface area contributed by atoms with E-state index >= 15 is 0 Å². The molecule has 132 valence electrons. The summed E-state index contributed by atoms with van der Waals surface area (Å²) in [6, 6.07) is 9.27. The zero-order valence-corrected chi connectivity index (χ0v) is 14.1. The van der Waals surface area contributed by atoms with Crippen LogP contribution in [0.3, 0.4) is 0 Å². The summed E-state index contributed by atoms with van der Waals surface area (Å²) in [5, 5.41) is 13.4. The van der Waals surface area contributed by atoms with Gasteiger partial charge in [-0.3, -0.25) is 9.78 Å². The van der Waals surface area contributed by atoms with Gasteiger partial charge in [-0.05, 0) is 31.2 Å². The van der Waals surface area contributed by atoms with Crippen LogP contribution in [0.1, 0.15) is 17.4 Å². The molecule has 4 rings (SSSR count). The molecule has 1 N–H and O–H groups in total. The molecule has 0 saturated carbocycles. The smallest absolute Gasteiger partial charge is 0.309 e. The summed E-state index contributed by atoms with van der Waals surface area (Å²) in [5.41, 5.74) is 1.52. The molecular weight excluding hydrogens is 334 g/mol. The fraction of sp³-hybridized carbons (Fsp3) is 0.278. The van der Waals surface area contributed by atoms with E-state index in [9.17, 15) is 9.90 Å². The number of aromatic nitrogens is 4. The number of rotatable bonds is 4. The van der Waals surface area contributed by atoms with Crippen LogP contribution in [0.5, 0.6) is 0 Å². The zero-order valence-electron chi connectivity index (χ0n) is 14.1. The highest BCUT2D eigenvalue weighted by atomic mass is 16.5. The summed E-state index contributed by atoms with van der Waals surface area (Å²) in [5.74, 6) is 0.179. The molecule has 2 atom stereocenters. The minimum absolute atomic E-state index is 0.172. The average molecular weight is 351 g/mol. The lowest BCUT2D eigenvalue weighted by Gasteiger charge is -2.17. The van der Waals surface area contributed by atoms with Crippen LogP contribution in [0, 0.1) is 12.8 Å². The van der Waals surface area contributed by atoms with Crippen LogP contribution in [0.2, 0.25) is 0 Å². The van der Waals surface area contributed by atoms with Crippen LogP contribution in [0.15, 0.2) is 47.2 Å². The maximum absolute atomic E-state index is 11.7. The number of pyridine rings is 2. The zero-order chi connectivity index (χ0) is 18.1. The van der Waals surface area contributed by atoms with E-state index in [0.717, 1.165) is 17.1 Å². The first-order valence-electron chi connectivity index (χ1n) is 8.27. The van der Waals surface area contributed by atoms with Gasteiger partial charge in [0.2, 0.25) is 0 Å². The molecule has 3 aromatic heterocycles. The number of nitrogens with zero attached hydrogens (tertiary/aromatic N) is 5. The maximum atomic E-state index is 11.7. The number of anilines is 1. The molecule has 1 aliphatic rings. The minimum atomic E-state index is -0.818. The lowest BCUT2D eigenvalue weighted by Crippen LogP contribution is -2.23. The van der Waals surface area contributed by atoms with Crippen molar-refractivity contribution in [2.24, 2.45) is 5.92 Å². The van der Waals surface area contributed by atoms with Crippen LogP contribution >= 0.6 is 0 Å². The van der Waals surface area contributed by atoms with Gasteiger partial charge >= 0.3 is 5.97 Å². The molecule has 26 heavy (non-hydrogen) atoms. The number of hydrogen-bond donors (Lipinski definition) is 1. The van der Waals surface area contributed by atoms with Crippen molar-refractivity contribution in [3.63, 3.8) is 0 Å². The number of aryl methyl sites for hydroxylation is 1. The minimum Gasteiger partial charge on any atom is -0.481 e. The highest BCUT2D eigenvalue weighted by Gasteiger charge is 2.39. The predicted molar refractivity (Wildman–Crippen MR) is 92.6 cm³/mol. The topological polar surface area (TPSA) is 105 Å². The number of carboxylic acid groups (broad SMARTS) is 1. The Morgan fingerprint density at radius 3 is 2.73 bits per heavy atom. The standard InChI is InChI=1S/C18H17N5O3/c1-11-21-17(26-22-11)12-5-6-16(20-8-12)23-9-13(14(10-23)18(24)25)15-4-2-3-7-19-15/h2-8,13-14H,9-10H2,1H3,(H,24,25)/t13-,14-/m1/s1. The second-order valence-electron chi connectivity index (χ2n) is 6.26. The van der Waals surface area contributed by atoms with Crippen molar-refractivity contribution in [1.29, 1.82) is 0 Å². The quantitative estimate of drug-likeness (QED) is 0.762. The van der Waals surface area contributed by atoms with Crippen molar-refractivity contribution in [3.8, 4) is 11.5 Å². The monoisotopic (exact) mass is 351 g/mol. The van der Waals surface area contributed by atoms with Gasteiger partial charge in [0.1, 0.15) is 5.82 Å². The Labute approximate surface area is 149 Å². The highest BCUT2D eigenvalue weighted by Crippen LogP contribution is 2.34. The molecule has 1 fully saturated rings. The van der Waals surface area contributed by atoms with Crippen LogP contribution in [0.25, 0.3) is 11.5 Å². The molecule has 3 aromatic rings. The van der Waals surface area contributed by atoms with E-state index in [4.69, 9.17) is 4.52 Å². The second kappa shape index (κ2) is 6.55. The summed E-state index contributed by atoms with van der Waals surface area (Å²) >= 11 is 0. The van der Waals surface area contributed by atoms with E-state index in [2.05, 4.69) is 20.1 Å². The van der Waals surface area contributed by atoms with Crippen molar-refractivity contribution in [3.05, 3.63) is 54.2 Å². The Bertz CT molecular complexity index is 910. The van der Waals surface area contributed by atoms with Crippen LogP contribution in [-0.4, -0.2) is 44.3 Å². The fourth-order valence-electron chi connectivity index (χ4n) is 3.25. The van der Waals surface area contributed by atoms with Gasteiger partial charge in [0.25, 0.3) is 5.89 Å². The van der Waals surface area contributed by atoms with Crippen molar-refractivity contribution < 1.29 is 14.4 Å². The molecule has 1 saturated heterocycles. The third-order valence-corrected chi connectivity index (χ3v) is 4.55. The normalized spacial score (nSPS) is 19.7. The Morgan fingerprint density at radius 2 is 2.12 bits per heavy atom. The van der Waals surface area contributed by atoms with E-state index in [1.165, 1.54) is 0 Å². The molecule has 0 aromatic carbocycles. The SMILES string of the molecule is Cc1noc(-c2ccc(N3C[C@@H](C(=O)O)[C@H](c4ccccn4)C3)nc2)n1. The molecule has 0 bridgehead atoms. The van der Waals surface area contributed by atoms with Gasteiger partial charge in [-0.25, -0.2) is 4.98 Å². The molecule has 4 heterocycles. The summed E-state index contributed by atoms with van der Waals surface area (Å²) < 4.78 is 5.14. The Balaban J connectivity index is 1.57. The largest absolute Gasteiger partial charge is 0.481 e. The van der Waals surface area contributed by atoms with E-state index in [-0.39, 0.29) is 5.92 Å². The van der Waals surface area contributed by atoms with Gasteiger partial charge in [-0.1, -0.05) is 11.2 Å². The van der Waals surface area contributed by atoms with Crippen molar-refractivity contribution in [1.82, 2.24) is 20.1 Å². The van der Waals surface area contributed by atoms with E-state index in [1.54, 1.807) is 19.3 Å². The third-order valence-electron chi connectivity index (χ3n) is 4.55. The lowest BCUT2D eigenvalue weighted by atomic mass is 9.93. The number of carbonyl (C=O) groups is 1. The summed E-state index contributed by atoms with van der Waals surface area (Å²) in [4.78, 5) is 26.6. The number of hydrogen-bond acceptors (Lipinski definition) is 7. The molecule has 0 radical (unpaired) electrons. The van der Waals surface area contributed by atoms with Crippen LogP contribution in [0.4, 0.5) is 5.82 Å². The lowest BCUT2D eigenvalue weighted by molar-refractivity contribution is -0.141. The summed E-state index contributed by atoms with van der Waals surface area (Å²) in [7, 11) is 0. The van der Waals surface area contributed by atoms with E-state index in [1.807, 2.05) is 35.2 Å². The summed E-state index contributed by atoms with van der Waals surface area (Å²) in [6.45, 7) is 2.70. The first-order chi connectivity index (χ1) is 12.6. The molecule has 8 nitrogen and oxygen atoms in total. The molecule has 0 unspecified atom stereocenters. The molecule has 0 spiro atoms. The van der Waals surface area contributed by atoms with Crippen molar-refractivity contribution in [2.75, 3.05) is 18.0 Å². The Morgan fingerprint density at radius 1 is 1.23 bits per heavy atom. The molecule has 1 aliphatic heterocycles. The molecule has 0 amide bonds. The first kappa shape index (κ1) is 16.2. The van der Waals surface area contributed by atoms with E-state index < -0.39 is 11.9 Å². The third kappa shape index (κ3) is 3.01. The van der Waals surface area contributed by atoms with Gasteiger partial charge in [-0.2, -0.15) is 4.98 Å². The molecule has 8 heteroatoms. The number of aliphatic carboxylic acids is 1. The highest BCUT2D eigenvalue weighted by molar-refractivity contribution is 5.73. The Hall–Kier alpha value is -3.29. The van der Waals surface area contributed by atoms with Crippen LogP contribution < -0.4 is 4.90 Å². The van der Waals surface area contributed by atoms with Gasteiger partial charge in [-0.15, -0.1) is 0 Å². The summed E-state index contributed by atoms with van der Waals surface area (Å²) in [6.07, 6.45) is 3.35. The van der Waals surface area contributed by atoms with Crippen molar-refractivity contribution >= 4 is 11.8 Å². The average Bonchev–Trinajstić information content (AvgIpc) is 3.29. The molecular formula is C18H17N5O3. The first-order valence-corrected chi connectivity index (χ1v) is 8.27. The molecule has 0 aliphatic carbocycles. The maximum Gasteiger partial charge on any atom is 0.309 e. The predicted octanol–water partition coefficient (Wildman–Crippen LogP) is 2.14. The van der Waals surface area contributed by atoms with E-state index in [0.29, 0.717) is 24.8 Å². The van der Waals surface area contributed by atoms with Gasteiger partial charge in [0.15, 0.2) is 5.82 Å². The number of carboxylic acids is 1.